The van der Waals surface area contributed by atoms with E-state index < -0.39 is 4.92 Å². The first kappa shape index (κ1) is 17.7. The standard InChI is InChI=1S/C19H16N4O5/c24-23(25)15-5-1-4-14(10-15)19-20-18(28-21-19)13-22(11-16-6-2-8-26-16)12-17-7-3-9-27-17/h1-10H,11-13H2. The molecule has 0 saturated heterocycles. The first-order valence-electron chi connectivity index (χ1n) is 8.52. The van der Waals surface area contributed by atoms with Crippen molar-refractivity contribution in [1.29, 1.82) is 0 Å². The Bertz CT molecular complexity index is 1000. The van der Waals surface area contributed by atoms with Crippen molar-refractivity contribution in [2.24, 2.45) is 0 Å². The number of rotatable bonds is 8. The SMILES string of the molecule is O=[N+]([O-])c1cccc(-c2noc(CN(Cc3ccco3)Cc3ccco3)n2)c1. The van der Waals surface area contributed by atoms with E-state index in [2.05, 4.69) is 10.1 Å². The van der Waals surface area contributed by atoms with E-state index in [1.807, 2.05) is 29.2 Å². The minimum Gasteiger partial charge on any atom is -0.468 e. The van der Waals surface area contributed by atoms with Crippen LogP contribution in [0.25, 0.3) is 11.4 Å². The van der Waals surface area contributed by atoms with E-state index in [0.717, 1.165) is 11.5 Å². The van der Waals surface area contributed by atoms with E-state index in [-0.39, 0.29) is 5.69 Å². The van der Waals surface area contributed by atoms with Crippen molar-refractivity contribution >= 4 is 5.69 Å². The van der Waals surface area contributed by atoms with Gasteiger partial charge in [0.1, 0.15) is 11.5 Å². The first-order chi connectivity index (χ1) is 13.7. The smallest absolute Gasteiger partial charge is 0.270 e. The fourth-order valence-corrected chi connectivity index (χ4v) is 2.80. The van der Waals surface area contributed by atoms with Crippen molar-refractivity contribution in [3.8, 4) is 11.4 Å². The van der Waals surface area contributed by atoms with Gasteiger partial charge < -0.3 is 13.4 Å². The van der Waals surface area contributed by atoms with Crippen LogP contribution in [0, 0.1) is 10.1 Å². The molecule has 0 unspecified atom stereocenters. The summed E-state index contributed by atoms with van der Waals surface area (Å²) in [5, 5.41) is 14.9. The second-order valence-electron chi connectivity index (χ2n) is 6.12. The molecule has 0 aliphatic rings. The highest BCUT2D eigenvalue weighted by Gasteiger charge is 2.17. The monoisotopic (exact) mass is 380 g/mol. The van der Waals surface area contributed by atoms with Gasteiger partial charge in [-0.2, -0.15) is 4.98 Å². The van der Waals surface area contributed by atoms with E-state index in [4.69, 9.17) is 13.4 Å². The summed E-state index contributed by atoms with van der Waals surface area (Å²) in [6.45, 7) is 1.42. The predicted molar refractivity (Wildman–Crippen MR) is 96.8 cm³/mol. The van der Waals surface area contributed by atoms with Gasteiger partial charge in [0.05, 0.1) is 37.1 Å². The lowest BCUT2D eigenvalue weighted by Crippen LogP contribution is -2.22. The first-order valence-corrected chi connectivity index (χ1v) is 8.52. The molecule has 0 bridgehead atoms. The lowest BCUT2D eigenvalue weighted by Gasteiger charge is -2.17. The Kier molecular flexibility index (Phi) is 4.98. The zero-order chi connectivity index (χ0) is 19.3. The average Bonchev–Trinajstić information content (AvgIpc) is 3.45. The quantitative estimate of drug-likeness (QED) is 0.333. The molecule has 3 heterocycles. The predicted octanol–water partition coefficient (Wildman–Crippen LogP) is 4.03. The van der Waals surface area contributed by atoms with Crippen molar-refractivity contribution in [2.45, 2.75) is 19.6 Å². The van der Waals surface area contributed by atoms with E-state index in [1.54, 1.807) is 24.7 Å². The number of nitro benzene ring substituents is 1. The van der Waals surface area contributed by atoms with Gasteiger partial charge in [-0.1, -0.05) is 17.3 Å². The maximum atomic E-state index is 11.0. The molecule has 0 radical (unpaired) electrons. The van der Waals surface area contributed by atoms with Gasteiger partial charge in [-0.15, -0.1) is 0 Å². The summed E-state index contributed by atoms with van der Waals surface area (Å²) in [5.41, 5.74) is 0.494. The van der Waals surface area contributed by atoms with Gasteiger partial charge in [-0.3, -0.25) is 15.0 Å². The normalized spacial score (nSPS) is 11.2. The summed E-state index contributed by atoms with van der Waals surface area (Å²) in [4.78, 5) is 16.9. The van der Waals surface area contributed by atoms with Crippen molar-refractivity contribution < 1.29 is 18.3 Å². The molecule has 9 nitrogen and oxygen atoms in total. The second-order valence-corrected chi connectivity index (χ2v) is 6.12. The number of aromatic nitrogens is 2. The molecule has 0 aliphatic carbocycles. The zero-order valence-electron chi connectivity index (χ0n) is 14.7. The molecule has 0 aliphatic heterocycles. The molecular weight excluding hydrogens is 364 g/mol. The third kappa shape index (κ3) is 4.15. The van der Waals surface area contributed by atoms with E-state index in [0.29, 0.717) is 36.9 Å². The maximum Gasteiger partial charge on any atom is 0.270 e. The van der Waals surface area contributed by atoms with Gasteiger partial charge in [0.15, 0.2) is 0 Å². The Morgan fingerprint density at radius 1 is 0.964 bits per heavy atom. The number of furan rings is 2. The molecule has 142 valence electrons. The van der Waals surface area contributed by atoms with Gasteiger partial charge in [0.2, 0.25) is 11.7 Å². The lowest BCUT2D eigenvalue weighted by atomic mass is 10.2. The number of nitrogens with zero attached hydrogens (tertiary/aromatic N) is 4. The molecule has 0 atom stereocenters. The van der Waals surface area contributed by atoms with Crippen molar-refractivity contribution in [2.75, 3.05) is 0 Å². The summed E-state index contributed by atoms with van der Waals surface area (Å²) in [6.07, 6.45) is 3.24. The van der Waals surface area contributed by atoms with Crippen molar-refractivity contribution in [3.05, 3.63) is 88.6 Å². The number of hydrogen-bond donors (Lipinski definition) is 0. The molecule has 9 heteroatoms. The lowest BCUT2D eigenvalue weighted by molar-refractivity contribution is -0.384. The number of hydrogen-bond acceptors (Lipinski definition) is 8. The van der Waals surface area contributed by atoms with Gasteiger partial charge >= 0.3 is 0 Å². The summed E-state index contributed by atoms with van der Waals surface area (Å²) in [7, 11) is 0. The van der Waals surface area contributed by atoms with Crippen LogP contribution in [0.5, 0.6) is 0 Å². The molecule has 28 heavy (non-hydrogen) atoms. The average molecular weight is 380 g/mol. The summed E-state index contributed by atoms with van der Waals surface area (Å²) in [6, 6.07) is 13.5. The van der Waals surface area contributed by atoms with Crippen molar-refractivity contribution in [1.82, 2.24) is 15.0 Å². The Morgan fingerprint density at radius 2 is 1.68 bits per heavy atom. The number of benzene rings is 1. The van der Waals surface area contributed by atoms with Crippen LogP contribution < -0.4 is 0 Å². The minimum atomic E-state index is -0.459. The summed E-state index contributed by atoms with van der Waals surface area (Å²) in [5.74, 6) is 2.28. The Morgan fingerprint density at radius 3 is 2.29 bits per heavy atom. The van der Waals surface area contributed by atoms with Crippen LogP contribution >= 0.6 is 0 Å². The van der Waals surface area contributed by atoms with Gasteiger partial charge in [-0.25, -0.2) is 0 Å². The Balaban J connectivity index is 1.52. The molecule has 0 spiro atoms. The number of nitro groups is 1. The topological polar surface area (TPSA) is 112 Å². The highest BCUT2D eigenvalue weighted by molar-refractivity contribution is 5.58. The highest BCUT2D eigenvalue weighted by atomic mass is 16.6. The minimum absolute atomic E-state index is 0.0267. The fourth-order valence-electron chi connectivity index (χ4n) is 2.80. The molecule has 4 rings (SSSR count). The Labute approximate surface area is 159 Å². The van der Waals surface area contributed by atoms with Gasteiger partial charge in [-0.05, 0) is 24.3 Å². The van der Waals surface area contributed by atoms with Crippen LogP contribution in [0.4, 0.5) is 5.69 Å². The zero-order valence-corrected chi connectivity index (χ0v) is 14.7. The molecule has 3 aromatic heterocycles. The van der Waals surface area contributed by atoms with Crippen LogP contribution in [0.3, 0.4) is 0 Å². The van der Waals surface area contributed by atoms with Gasteiger partial charge in [0, 0.05) is 17.7 Å². The third-order valence-electron chi connectivity index (χ3n) is 4.06. The molecule has 1 aromatic carbocycles. The summed E-state index contributed by atoms with van der Waals surface area (Å²) >= 11 is 0. The third-order valence-corrected chi connectivity index (χ3v) is 4.06. The molecule has 0 saturated carbocycles. The molecule has 4 aromatic rings. The maximum absolute atomic E-state index is 11.0. The van der Waals surface area contributed by atoms with Crippen LogP contribution in [0.15, 0.2) is 74.4 Å². The van der Waals surface area contributed by atoms with E-state index in [9.17, 15) is 10.1 Å². The van der Waals surface area contributed by atoms with Crippen LogP contribution in [0.1, 0.15) is 17.4 Å². The second kappa shape index (κ2) is 7.89. The van der Waals surface area contributed by atoms with Crippen LogP contribution in [-0.2, 0) is 19.6 Å². The molecule has 0 N–H and O–H groups in total. The molecular formula is C19H16N4O5. The molecule has 0 fully saturated rings. The van der Waals surface area contributed by atoms with Crippen molar-refractivity contribution in [3.63, 3.8) is 0 Å². The van der Waals surface area contributed by atoms with Crippen LogP contribution in [0.2, 0.25) is 0 Å². The molecule has 0 amide bonds. The Hall–Kier alpha value is -3.72. The number of non-ortho nitro benzene ring substituents is 1. The largest absolute Gasteiger partial charge is 0.468 e. The van der Waals surface area contributed by atoms with Gasteiger partial charge in [0.25, 0.3) is 5.69 Å². The summed E-state index contributed by atoms with van der Waals surface area (Å²) < 4.78 is 16.2. The van der Waals surface area contributed by atoms with E-state index >= 15 is 0 Å². The highest BCUT2D eigenvalue weighted by Crippen LogP contribution is 2.22. The fraction of sp³-hybridized carbons (Fsp3) is 0.158. The van der Waals surface area contributed by atoms with Crippen LogP contribution in [-0.4, -0.2) is 20.0 Å². The van der Waals surface area contributed by atoms with E-state index in [1.165, 1.54) is 12.1 Å².